The Balaban J connectivity index is 1.43. The van der Waals surface area contributed by atoms with Crippen LogP contribution in [0.5, 0.6) is 0 Å². The highest BCUT2D eigenvalue weighted by Crippen LogP contribution is 2.51. The Kier molecular flexibility index (Phi) is 6.36. The number of carbonyl (C=O) groups excluding carboxylic acids is 1. The van der Waals surface area contributed by atoms with Crippen LogP contribution in [0.25, 0.3) is 0 Å². The number of aliphatic hydroxyl groups is 2. The highest BCUT2D eigenvalue weighted by Gasteiger charge is 2.42. The molecule has 0 bridgehead atoms. The van der Waals surface area contributed by atoms with E-state index in [1.807, 2.05) is 13.0 Å². The van der Waals surface area contributed by atoms with Gasteiger partial charge in [0.15, 0.2) is 0 Å². The first-order chi connectivity index (χ1) is 14.3. The molecule has 0 radical (unpaired) electrons. The fraction of sp³-hybridized carbons (Fsp3) is 0.654. The summed E-state index contributed by atoms with van der Waals surface area (Å²) in [5, 5.41) is 20.1. The zero-order valence-electron chi connectivity index (χ0n) is 18.3. The number of esters is 1. The molecule has 3 aliphatic carbocycles. The van der Waals surface area contributed by atoms with Crippen molar-refractivity contribution in [1.29, 1.82) is 0 Å². The van der Waals surface area contributed by atoms with Crippen molar-refractivity contribution in [1.82, 2.24) is 0 Å². The number of rotatable bonds is 4. The predicted octanol–water partition coefficient (Wildman–Crippen LogP) is 4.64. The van der Waals surface area contributed by atoms with Gasteiger partial charge in [0.05, 0.1) is 12.2 Å². The van der Waals surface area contributed by atoms with Gasteiger partial charge in [-0.2, -0.15) is 0 Å². The van der Waals surface area contributed by atoms with Crippen molar-refractivity contribution in [2.24, 2.45) is 23.7 Å². The Morgan fingerprint density at radius 1 is 1.27 bits per heavy atom. The van der Waals surface area contributed by atoms with E-state index in [0.717, 1.165) is 29.6 Å². The van der Waals surface area contributed by atoms with E-state index in [2.05, 4.69) is 25.7 Å². The zero-order valence-corrected chi connectivity index (χ0v) is 18.3. The second-order valence-electron chi connectivity index (χ2n) is 9.98. The molecule has 1 aliphatic heterocycles. The normalized spacial score (nSPS) is 40.5. The highest BCUT2D eigenvalue weighted by molar-refractivity contribution is 5.90. The average molecular weight is 413 g/mol. The number of cyclic esters (lactones) is 1. The lowest BCUT2D eigenvalue weighted by atomic mass is 9.71. The molecule has 7 atom stereocenters. The summed E-state index contributed by atoms with van der Waals surface area (Å²) in [5.74, 6) is 2.42. The molecule has 3 fully saturated rings. The van der Waals surface area contributed by atoms with Crippen molar-refractivity contribution in [3.8, 4) is 0 Å². The van der Waals surface area contributed by atoms with Gasteiger partial charge >= 0.3 is 5.97 Å². The maximum absolute atomic E-state index is 11.7. The molecule has 2 unspecified atom stereocenters. The van der Waals surface area contributed by atoms with Gasteiger partial charge in [0.25, 0.3) is 0 Å². The van der Waals surface area contributed by atoms with Crippen LogP contribution in [0.15, 0.2) is 47.1 Å². The molecule has 0 amide bonds. The molecule has 4 heteroatoms. The summed E-state index contributed by atoms with van der Waals surface area (Å²) in [6.45, 7) is 8.20. The van der Waals surface area contributed by atoms with E-state index in [4.69, 9.17) is 4.74 Å². The molecule has 1 heterocycles. The van der Waals surface area contributed by atoms with Crippen molar-refractivity contribution < 1.29 is 19.7 Å². The van der Waals surface area contributed by atoms with E-state index >= 15 is 0 Å². The van der Waals surface area contributed by atoms with Gasteiger partial charge in [-0.25, -0.2) is 4.79 Å². The maximum atomic E-state index is 11.7. The van der Waals surface area contributed by atoms with E-state index in [9.17, 15) is 15.0 Å². The Labute approximate surface area is 180 Å². The van der Waals surface area contributed by atoms with Crippen LogP contribution >= 0.6 is 0 Å². The van der Waals surface area contributed by atoms with Gasteiger partial charge < -0.3 is 14.9 Å². The second-order valence-corrected chi connectivity index (χ2v) is 9.98. The molecule has 4 aliphatic rings. The third-order valence-electron chi connectivity index (χ3n) is 7.97. The Bertz CT molecular complexity index is 789. The van der Waals surface area contributed by atoms with Crippen LogP contribution in [-0.4, -0.2) is 34.5 Å². The molecule has 30 heavy (non-hydrogen) atoms. The summed E-state index contributed by atoms with van der Waals surface area (Å²) in [6.07, 6.45) is 13.2. The molecular formula is C26H36O4. The number of ether oxygens (including phenoxy) is 1. The van der Waals surface area contributed by atoms with Crippen LogP contribution in [0.2, 0.25) is 0 Å². The Morgan fingerprint density at radius 3 is 2.80 bits per heavy atom. The first kappa shape index (κ1) is 21.6. The fourth-order valence-corrected chi connectivity index (χ4v) is 6.35. The van der Waals surface area contributed by atoms with Gasteiger partial charge in [0, 0.05) is 12.0 Å². The summed E-state index contributed by atoms with van der Waals surface area (Å²) >= 11 is 0. The third-order valence-corrected chi connectivity index (χ3v) is 7.97. The molecule has 3 saturated carbocycles. The smallest absolute Gasteiger partial charge is 0.334 e. The first-order valence-electron chi connectivity index (χ1n) is 11.7. The second kappa shape index (κ2) is 8.84. The molecular weight excluding hydrogens is 376 g/mol. The van der Waals surface area contributed by atoms with Crippen LogP contribution in [0, 0.1) is 23.7 Å². The third kappa shape index (κ3) is 4.36. The Morgan fingerprint density at radius 2 is 2.07 bits per heavy atom. The molecule has 4 rings (SSSR count). The van der Waals surface area contributed by atoms with Crippen LogP contribution in [0.4, 0.5) is 0 Å². The summed E-state index contributed by atoms with van der Waals surface area (Å²) < 4.78 is 5.49. The van der Waals surface area contributed by atoms with E-state index in [-0.39, 0.29) is 12.1 Å². The van der Waals surface area contributed by atoms with Crippen molar-refractivity contribution >= 4 is 5.97 Å². The molecule has 164 valence electrons. The van der Waals surface area contributed by atoms with E-state index in [1.54, 1.807) is 0 Å². The van der Waals surface area contributed by atoms with Crippen LogP contribution < -0.4 is 0 Å². The summed E-state index contributed by atoms with van der Waals surface area (Å²) in [6, 6.07) is 0. The molecule has 0 aromatic rings. The maximum Gasteiger partial charge on any atom is 0.334 e. The van der Waals surface area contributed by atoms with Gasteiger partial charge in [-0.3, -0.25) is 0 Å². The van der Waals surface area contributed by atoms with E-state index < -0.39 is 12.2 Å². The summed E-state index contributed by atoms with van der Waals surface area (Å²) in [7, 11) is 0. The van der Waals surface area contributed by atoms with Gasteiger partial charge in [-0.05, 0) is 92.8 Å². The quantitative estimate of drug-likeness (QED) is 0.661. The predicted molar refractivity (Wildman–Crippen MR) is 118 cm³/mol. The topological polar surface area (TPSA) is 66.8 Å². The van der Waals surface area contributed by atoms with Crippen molar-refractivity contribution in [3.05, 3.63) is 47.1 Å². The number of carbonyl (C=O) groups is 1. The minimum absolute atomic E-state index is 0.0509. The largest absolute Gasteiger partial charge is 0.455 e. The van der Waals surface area contributed by atoms with E-state index in [1.165, 1.54) is 31.3 Å². The minimum Gasteiger partial charge on any atom is -0.455 e. The van der Waals surface area contributed by atoms with E-state index in [0.29, 0.717) is 36.5 Å². The number of allylic oxidation sites excluding steroid dienone is 3. The molecule has 0 aromatic heterocycles. The summed E-state index contributed by atoms with van der Waals surface area (Å²) in [4.78, 5) is 11.7. The summed E-state index contributed by atoms with van der Waals surface area (Å²) in [5.41, 5.74) is 4.02. The van der Waals surface area contributed by atoms with Crippen molar-refractivity contribution in [2.45, 2.75) is 83.5 Å². The Hall–Kier alpha value is -1.65. The standard InChI is InChI=1S/C26H36O4/c1-15(11-21-12-16(2)26(29)30-21)22-9-10-23-18(5-4-6-24(22)23)7-8-19-13-20(27)14-25(28)17(19)3/h7-8,12,15,20-25,27-28H,3-6,9-11,13-14H2,1-2H3/t15-,20-,21+,22-,23?,24?,25+/m1/s1. The SMILES string of the molecule is C=C1C(=CC=C2CCCC3C2CC[C@@H]3[C@H](C)C[C@H]2C=C(C)C(=O)O2)C[C@@H](O)C[C@@H]1O. The number of hydrogen-bond acceptors (Lipinski definition) is 4. The number of aliphatic hydroxyl groups excluding tert-OH is 2. The van der Waals surface area contributed by atoms with Gasteiger partial charge in [-0.1, -0.05) is 31.2 Å². The highest BCUT2D eigenvalue weighted by atomic mass is 16.5. The molecule has 4 nitrogen and oxygen atoms in total. The number of hydrogen-bond donors (Lipinski definition) is 2. The van der Waals surface area contributed by atoms with Crippen molar-refractivity contribution in [3.63, 3.8) is 0 Å². The monoisotopic (exact) mass is 412 g/mol. The molecule has 0 aromatic carbocycles. The number of fused-ring (bicyclic) bond motifs is 1. The molecule has 2 N–H and O–H groups in total. The minimum atomic E-state index is -0.628. The van der Waals surface area contributed by atoms with Crippen molar-refractivity contribution in [2.75, 3.05) is 0 Å². The molecule has 0 spiro atoms. The van der Waals surface area contributed by atoms with Crippen LogP contribution in [0.3, 0.4) is 0 Å². The lowest BCUT2D eigenvalue weighted by Gasteiger charge is -2.34. The van der Waals surface area contributed by atoms with Crippen LogP contribution in [0.1, 0.15) is 65.2 Å². The lowest BCUT2D eigenvalue weighted by molar-refractivity contribution is -0.140. The average Bonchev–Trinajstić information content (AvgIpc) is 3.27. The van der Waals surface area contributed by atoms with Gasteiger partial charge in [-0.15, -0.1) is 0 Å². The molecule has 0 saturated heterocycles. The lowest BCUT2D eigenvalue weighted by Crippen LogP contribution is -2.27. The fourth-order valence-electron chi connectivity index (χ4n) is 6.35. The van der Waals surface area contributed by atoms with Gasteiger partial charge in [0.2, 0.25) is 0 Å². The zero-order chi connectivity index (χ0) is 21.4. The van der Waals surface area contributed by atoms with Gasteiger partial charge in [0.1, 0.15) is 6.10 Å². The van der Waals surface area contributed by atoms with Crippen LogP contribution in [-0.2, 0) is 9.53 Å². The first-order valence-corrected chi connectivity index (χ1v) is 11.7.